The van der Waals surface area contributed by atoms with Crippen molar-refractivity contribution < 1.29 is 14.3 Å². The standard InChI is InChI=1S/C17H25N3O3/c1-5-10-18-16(21)15-11-20(12(2)17(22)19(3)4)13-8-6-7-9-14(13)23-15/h6-9,12,15H,5,10-11H2,1-4H3,(H,18,21)/t12-,15-/m0/s1. The molecule has 2 amide bonds. The lowest BCUT2D eigenvalue weighted by Gasteiger charge is -2.39. The van der Waals surface area contributed by atoms with Crippen LogP contribution in [0.15, 0.2) is 24.3 Å². The molecule has 0 spiro atoms. The molecule has 23 heavy (non-hydrogen) atoms. The minimum absolute atomic E-state index is 0.00517. The van der Waals surface area contributed by atoms with Gasteiger partial charge in [-0.2, -0.15) is 0 Å². The van der Waals surface area contributed by atoms with E-state index in [-0.39, 0.29) is 17.9 Å². The van der Waals surface area contributed by atoms with Crippen LogP contribution < -0.4 is 15.0 Å². The fourth-order valence-electron chi connectivity index (χ4n) is 2.63. The average Bonchev–Trinajstić information content (AvgIpc) is 2.57. The maximum Gasteiger partial charge on any atom is 0.262 e. The van der Waals surface area contributed by atoms with Crippen LogP contribution in [0.25, 0.3) is 0 Å². The Labute approximate surface area is 137 Å². The number of ether oxygens (including phenoxy) is 1. The predicted octanol–water partition coefficient (Wildman–Crippen LogP) is 1.26. The molecular formula is C17H25N3O3. The van der Waals surface area contributed by atoms with E-state index in [4.69, 9.17) is 4.74 Å². The third kappa shape index (κ3) is 3.75. The smallest absolute Gasteiger partial charge is 0.262 e. The number of likely N-dealkylation sites (N-methyl/N-ethyl adjacent to an activating group) is 1. The van der Waals surface area contributed by atoms with Gasteiger partial charge in [0.15, 0.2) is 6.10 Å². The van der Waals surface area contributed by atoms with Gasteiger partial charge in [0, 0.05) is 20.6 Å². The van der Waals surface area contributed by atoms with Crippen molar-refractivity contribution in [3.05, 3.63) is 24.3 Å². The van der Waals surface area contributed by atoms with Crippen molar-refractivity contribution in [1.29, 1.82) is 0 Å². The van der Waals surface area contributed by atoms with Gasteiger partial charge in [0.2, 0.25) is 5.91 Å². The monoisotopic (exact) mass is 319 g/mol. The highest BCUT2D eigenvalue weighted by Gasteiger charge is 2.35. The Hall–Kier alpha value is -2.24. The Morgan fingerprint density at radius 3 is 2.74 bits per heavy atom. The molecular weight excluding hydrogens is 294 g/mol. The molecule has 0 saturated carbocycles. The van der Waals surface area contributed by atoms with Gasteiger partial charge in [0.05, 0.1) is 12.2 Å². The summed E-state index contributed by atoms with van der Waals surface area (Å²) in [7, 11) is 3.47. The summed E-state index contributed by atoms with van der Waals surface area (Å²) in [6.45, 7) is 4.83. The van der Waals surface area contributed by atoms with Gasteiger partial charge in [-0.3, -0.25) is 9.59 Å². The zero-order valence-corrected chi connectivity index (χ0v) is 14.2. The number of benzene rings is 1. The van der Waals surface area contributed by atoms with Crippen molar-refractivity contribution >= 4 is 17.5 Å². The molecule has 2 atom stereocenters. The van der Waals surface area contributed by atoms with Crippen LogP contribution in [0, 0.1) is 0 Å². The highest BCUT2D eigenvalue weighted by molar-refractivity contribution is 5.88. The number of nitrogens with one attached hydrogen (secondary N) is 1. The Bertz CT molecular complexity index is 574. The van der Waals surface area contributed by atoms with E-state index in [1.807, 2.05) is 43.0 Å². The summed E-state index contributed by atoms with van der Waals surface area (Å²) in [5.41, 5.74) is 0.842. The predicted molar refractivity (Wildman–Crippen MR) is 89.7 cm³/mol. The minimum Gasteiger partial charge on any atom is -0.477 e. The second-order valence-electron chi connectivity index (χ2n) is 5.93. The van der Waals surface area contributed by atoms with Gasteiger partial charge < -0.3 is 19.9 Å². The van der Waals surface area contributed by atoms with Crippen LogP contribution in [0.5, 0.6) is 5.75 Å². The fraction of sp³-hybridized carbons (Fsp3) is 0.529. The van der Waals surface area contributed by atoms with Gasteiger partial charge in [0.25, 0.3) is 5.91 Å². The first-order chi connectivity index (χ1) is 11.0. The lowest BCUT2D eigenvalue weighted by atomic mass is 10.1. The molecule has 0 aromatic heterocycles. The van der Waals surface area contributed by atoms with Crippen molar-refractivity contribution in [1.82, 2.24) is 10.2 Å². The summed E-state index contributed by atoms with van der Waals surface area (Å²) in [5, 5.41) is 2.86. The number of hydrogen-bond acceptors (Lipinski definition) is 4. The highest BCUT2D eigenvalue weighted by Crippen LogP contribution is 2.34. The number of carbonyl (C=O) groups excluding carboxylic acids is 2. The number of fused-ring (bicyclic) bond motifs is 1. The SMILES string of the molecule is CCCNC(=O)[C@@H]1CN([C@@H](C)C(=O)N(C)C)c2ccccc2O1. The van der Waals surface area contributed by atoms with E-state index in [2.05, 4.69) is 5.32 Å². The van der Waals surface area contributed by atoms with Crippen LogP contribution in [-0.4, -0.2) is 56.0 Å². The lowest BCUT2D eigenvalue weighted by Crippen LogP contribution is -2.54. The van der Waals surface area contributed by atoms with E-state index in [0.29, 0.717) is 18.8 Å². The van der Waals surface area contributed by atoms with Crippen LogP contribution in [0.4, 0.5) is 5.69 Å². The third-order valence-corrected chi connectivity index (χ3v) is 3.91. The summed E-state index contributed by atoms with van der Waals surface area (Å²) >= 11 is 0. The third-order valence-electron chi connectivity index (χ3n) is 3.91. The first-order valence-electron chi connectivity index (χ1n) is 7.97. The van der Waals surface area contributed by atoms with Crippen LogP contribution in [0.2, 0.25) is 0 Å². The topological polar surface area (TPSA) is 61.9 Å². The van der Waals surface area contributed by atoms with Crippen molar-refractivity contribution in [2.45, 2.75) is 32.4 Å². The molecule has 1 heterocycles. The first-order valence-corrected chi connectivity index (χ1v) is 7.97. The Balaban J connectivity index is 2.26. The largest absolute Gasteiger partial charge is 0.477 e. The van der Waals surface area contributed by atoms with Crippen LogP contribution >= 0.6 is 0 Å². The molecule has 126 valence electrons. The van der Waals surface area contributed by atoms with Crippen molar-refractivity contribution in [2.24, 2.45) is 0 Å². The van der Waals surface area contributed by atoms with Gasteiger partial charge in [0.1, 0.15) is 11.8 Å². The quantitative estimate of drug-likeness (QED) is 0.887. The number of para-hydroxylation sites is 2. The summed E-state index contributed by atoms with van der Waals surface area (Å²) in [5.74, 6) is 0.485. The number of anilines is 1. The molecule has 2 rings (SSSR count). The fourth-order valence-corrected chi connectivity index (χ4v) is 2.63. The maximum atomic E-state index is 12.3. The molecule has 1 aromatic carbocycles. The number of nitrogens with zero attached hydrogens (tertiary/aromatic N) is 2. The number of rotatable bonds is 5. The average molecular weight is 319 g/mol. The molecule has 6 heteroatoms. The normalized spacial score (nSPS) is 17.7. The number of amides is 2. The molecule has 0 bridgehead atoms. The molecule has 0 unspecified atom stereocenters. The molecule has 0 aliphatic carbocycles. The van der Waals surface area contributed by atoms with E-state index in [0.717, 1.165) is 12.1 Å². The maximum absolute atomic E-state index is 12.3. The molecule has 0 fully saturated rings. The van der Waals surface area contributed by atoms with E-state index >= 15 is 0 Å². The van der Waals surface area contributed by atoms with Crippen molar-refractivity contribution in [3.63, 3.8) is 0 Å². The van der Waals surface area contributed by atoms with Gasteiger partial charge in [-0.1, -0.05) is 19.1 Å². The van der Waals surface area contributed by atoms with Gasteiger partial charge in [-0.15, -0.1) is 0 Å². The molecule has 1 N–H and O–H groups in total. The minimum atomic E-state index is -0.617. The van der Waals surface area contributed by atoms with Crippen LogP contribution in [0.1, 0.15) is 20.3 Å². The summed E-state index contributed by atoms with van der Waals surface area (Å²) in [6.07, 6.45) is 0.253. The molecule has 0 saturated heterocycles. The zero-order chi connectivity index (χ0) is 17.0. The first kappa shape index (κ1) is 17.1. The summed E-state index contributed by atoms with van der Waals surface area (Å²) in [6, 6.07) is 7.14. The Morgan fingerprint density at radius 2 is 2.09 bits per heavy atom. The molecule has 1 aliphatic rings. The second-order valence-corrected chi connectivity index (χ2v) is 5.93. The van der Waals surface area contributed by atoms with Crippen molar-refractivity contribution in [3.8, 4) is 5.75 Å². The highest BCUT2D eigenvalue weighted by atomic mass is 16.5. The van der Waals surface area contributed by atoms with Crippen molar-refractivity contribution in [2.75, 3.05) is 32.1 Å². The summed E-state index contributed by atoms with van der Waals surface area (Å²) < 4.78 is 5.83. The Kier molecular flexibility index (Phi) is 5.47. The molecule has 1 aliphatic heterocycles. The van der Waals surface area contributed by atoms with E-state index in [1.54, 1.807) is 19.0 Å². The van der Waals surface area contributed by atoms with E-state index in [9.17, 15) is 9.59 Å². The Morgan fingerprint density at radius 1 is 1.39 bits per heavy atom. The lowest BCUT2D eigenvalue weighted by molar-refractivity contribution is -0.131. The van der Waals surface area contributed by atoms with E-state index in [1.165, 1.54) is 0 Å². The molecule has 1 aromatic rings. The molecule has 6 nitrogen and oxygen atoms in total. The summed E-state index contributed by atoms with van der Waals surface area (Å²) in [4.78, 5) is 28.1. The van der Waals surface area contributed by atoms with Gasteiger partial charge in [-0.05, 0) is 25.5 Å². The number of hydrogen-bond donors (Lipinski definition) is 1. The van der Waals surface area contributed by atoms with E-state index < -0.39 is 6.10 Å². The molecule has 0 radical (unpaired) electrons. The van der Waals surface area contributed by atoms with Gasteiger partial charge >= 0.3 is 0 Å². The van der Waals surface area contributed by atoms with Gasteiger partial charge in [-0.25, -0.2) is 0 Å². The van der Waals surface area contributed by atoms with Crippen LogP contribution in [-0.2, 0) is 9.59 Å². The van der Waals surface area contributed by atoms with Crippen LogP contribution in [0.3, 0.4) is 0 Å². The second kappa shape index (κ2) is 7.35. The zero-order valence-electron chi connectivity index (χ0n) is 14.2. The number of carbonyl (C=O) groups is 2.